The molecule has 2 heterocycles. The quantitative estimate of drug-likeness (QED) is 0.925. The predicted molar refractivity (Wildman–Crippen MR) is 81.1 cm³/mol. The summed E-state index contributed by atoms with van der Waals surface area (Å²) >= 11 is 0. The molecule has 1 saturated heterocycles. The Labute approximate surface area is 126 Å². The second kappa shape index (κ2) is 6.52. The number of hydrogen-bond donors (Lipinski definition) is 1. The minimum absolute atomic E-state index is 0.140. The van der Waals surface area contributed by atoms with E-state index in [-0.39, 0.29) is 18.2 Å². The van der Waals surface area contributed by atoms with Crippen molar-refractivity contribution in [2.24, 2.45) is 0 Å². The van der Waals surface area contributed by atoms with Gasteiger partial charge in [0.1, 0.15) is 11.4 Å². The number of likely N-dealkylation sites (tertiary alicyclic amines) is 1. The van der Waals surface area contributed by atoms with Gasteiger partial charge in [0.15, 0.2) is 0 Å². The normalized spacial score (nSPS) is 20.6. The first kappa shape index (κ1) is 15.9. The monoisotopic (exact) mass is 294 g/mol. The Bertz CT molecular complexity index is 451. The number of carbonyl (C=O) groups is 1. The highest BCUT2D eigenvalue weighted by Gasteiger charge is 2.32. The number of nitrogens with zero attached hydrogens (tertiary/aromatic N) is 1. The minimum atomic E-state index is -0.445. The molecule has 1 amide bonds. The van der Waals surface area contributed by atoms with Gasteiger partial charge in [0.05, 0.1) is 12.3 Å². The van der Waals surface area contributed by atoms with Crippen LogP contribution in [0, 0.1) is 0 Å². The van der Waals surface area contributed by atoms with Crippen molar-refractivity contribution in [2.45, 2.75) is 58.2 Å². The molecule has 0 radical (unpaired) electrons. The number of rotatable bonds is 4. The third kappa shape index (κ3) is 4.49. The molecule has 1 fully saturated rings. The molecule has 5 nitrogen and oxygen atoms in total. The zero-order chi connectivity index (χ0) is 15.5. The molecule has 0 spiro atoms. The van der Waals surface area contributed by atoms with Gasteiger partial charge in [-0.05, 0) is 52.7 Å². The van der Waals surface area contributed by atoms with Crippen LogP contribution >= 0.6 is 0 Å². The van der Waals surface area contributed by atoms with Crippen LogP contribution in [0.4, 0.5) is 4.79 Å². The summed E-state index contributed by atoms with van der Waals surface area (Å²) in [4.78, 5) is 14.0. The van der Waals surface area contributed by atoms with Gasteiger partial charge in [-0.25, -0.2) is 4.79 Å². The lowest BCUT2D eigenvalue weighted by Crippen LogP contribution is -2.44. The molecule has 0 bridgehead atoms. The second-order valence-electron chi connectivity index (χ2n) is 6.62. The molecular weight excluding hydrogens is 268 g/mol. The lowest BCUT2D eigenvalue weighted by Gasteiger charge is -2.29. The molecule has 2 rings (SSSR count). The molecule has 0 aliphatic carbocycles. The zero-order valence-corrected chi connectivity index (χ0v) is 13.4. The topological polar surface area (TPSA) is 54.7 Å². The molecule has 0 saturated carbocycles. The van der Waals surface area contributed by atoms with E-state index >= 15 is 0 Å². The lowest BCUT2D eigenvalue weighted by atomic mass is 10.2. The second-order valence-corrected chi connectivity index (χ2v) is 6.62. The Kier molecular flexibility index (Phi) is 4.93. The van der Waals surface area contributed by atoms with Gasteiger partial charge in [0.2, 0.25) is 0 Å². The van der Waals surface area contributed by atoms with E-state index in [1.807, 2.05) is 37.8 Å². The summed E-state index contributed by atoms with van der Waals surface area (Å²) in [5.74, 6) is 0.914. The van der Waals surface area contributed by atoms with Crippen LogP contribution in [0.5, 0.6) is 0 Å². The van der Waals surface area contributed by atoms with Crippen molar-refractivity contribution in [1.82, 2.24) is 10.2 Å². The Hall–Kier alpha value is -1.49. The Morgan fingerprint density at radius 2 is 2.33 bits per heavy atom. The van der Waals surface area contributed by atoms with E-state index in [1.165, 1.54) is 0 Å². The summed E-state index contributed by atoms with van der Waals surface area (Å²) in [5, 5.41) is 3.43. The van der Waals surface area contributed by atoms with Crippen LogP contribution in [0.1, 0.15) is 52.3 Å². The molecule has 5 heteroatoms. The first-order valence-corrected chi connectivity index (χ1v) is 7.63. The van der Waals surface area contributed by atoms with Crippen molar-refractivity contribution >= 4 is 6.09 Å². The van der Waals surface area contributed by atoms with Crippen LogP contribution in [0.25, 0.3) is 0 Å². The maximum Gasteiger partial charge on any atom is 0.410 e. The average Bonchev–Trinajstić information content (AvgIpc) is 3.04. The Balaban J connectivity index is 1.86. The van der Waals surface area contributed by atoms with Crippen LogP contribution in [0.15, 0.2) is 22.8 Å². The number of hydrogen-bond acceptors (Lipinski definition) is 4. The van der Waals surface area contributed by atoms with Crippen molar-refractivity contribution in [1.29, 1.82) is 0 Å². The smallest absolute Gasteiger partial charge is 0.410 e. The molecular formula is C16H26N2O3. The van der Waals surface area contributed by atoms with Crippen LogP contribution in [-0.4, -0.2) is 35.7 Å². The van der Waals surface area contributed by atoms with E-state index < -0.39 is 5.60 Å². The van der Waals surface area contributed by atoms with E-state index in [1.54, 1.807) is 6.26 Å². The molecule has 1 aromatic rings. The number of furan rings is 1. The van der Waals surface area contributed by atoms with E-state index in [4.69, 9.17) is 9.15 Å². The van der Waals surface area contributed by atoms with Gasteiger partial charge in [-0.3, -0.25) is 0 Å². The fraction of sp³-hybridized carbons (Fsp3) is 0.688. The number of amides is 1. The van der Waals surface area contributed by atoms with Gasteiger partial charge in [-0.1, -0.05) is 0 Å². The van der Waals surface area contributed by atoms with Gasteiger partial charge in [0.25, 0.3) is 0 Å². The largest absolute Gasteiger partial charge is 0.468 e. The van der Waals surface area contributed by atoms with E-state index in [2.05, 4.69) is 12.2 Å². The average molecular weight is 294 g/mol. The summed E-state index contributed by atoms with van der Waals surface area (Å²) in [7, 11) is 0. The maximum absolute atomic E-state index is 12.2. The van der Waals surface area contributed by atoms with Crippen molar-refractivity contribution in [2.75, 3.05) is 13.1 Å². The molecule has 0 unspecified atom stereocenters. The third-order valence-corrected chi connectivity index (χ3v) is 3.63. The van der Waals surface area contributed by atoms with Gasteiger partial charge < -0.3 is 19.4 Å². The Morgan fingerprint density at radius 3 is 2.95 bits per heavy atom. The van der Waals surface area contributed by atoms with Gasteiger partial charge in [-0.15, -0.1) is 0 Å². The summed E-state index contributed by atoms with van der Waals surface area (Å²) in [5.41, 5.74) is -0.445. The lowest BCUT2D eigenvalue weighted by molar-refractivity contribution is 0.0224. The van der Waals surface area contributed by atoms with E-state index in [0.717, 1.165) is 31.7 Å². The first-order valence-electron chi connectivity index (χ1n) is 7.63. The van der Waals surface area contributed by atoms with Gasteiger partial charge in [0, 0.05) is 19.1 Å². The molecule has 0 aromatic carbocycles. The van der Waals surface area contributed by atoms with E-state index in [0.29, 0.717) is 0 Å². The van der Waals surface area contributed by atoms with Gasteiger partial charge >= 0.3 is 6.09 Å². The van der Waals surface area contributed by atoms with Crippen molar-refractivity contribution in [3.63, 3.8) is 0 Å². The Morgan fingerprint density at radius 1 is 1.57 bits per heavy atom. The van der Waals surface area contributed by atoms with Crippen LogP contribution in [-0.2, 0) is 4.74 Å². The molecule has 1 aliphatic rings. The number of carbonyl (C=O) groups excluding carboxylic acids is 1. The molecule has 118 valence electrons. The number of nitrogens with one attached hydrogen (secondary N) is 1. The summed E-state index contributed by atoms with van der Waals surface area (Å²) < 4.78 is 10.9. The highest BCUT2D eigenvalue weighted by molar-refractivity contribution is 5.69. The molecule has 2 atom stereocenters. The summed E-state index contributed by atoms with van der Waals surface area (Å²) in [6, 6.07) is 4.17. The highest BCUT2D eigenvalue weighted by atomic mass is 16.6. The predicted octanol–water partition coefficient (Wildman–Crippen LogP) is 3.33. The minimum Gasteiger partial charge on any atom is -0.468 e. The van der Waals surface area contributed by atoms with Crippen molar-refractivity contribution in [3.05, 3.63) is 24.2 Å². The van der Waals surface area contributed by atoms with Crippen LogP contribution in [0.2, 0.25) is 0 Å². The van der Waals surface area contributed by atoms with Gasteiger partial charge in [-0.2, -0.15) is 0 Å². The standard InChI is InChI=1S/C16H26N2O3/c1-12(14-8-6-10-20-14)17-11-13-7-5-9-18(13)15(19)21-16(2,3)4/h6,8,10,12-13,17H,5,7,9,11H2,1-4H3/t12-,13+/m1/s1. The highest BCUT2D eigenvalue weighted by Crippen LogP contribution is 2.21. The van der Waals surface area contributed by atoms with Crippen molar-refractivity contribution in [3.8, 4) is 0 Å². The summed E-state index contributed by atoms with van der Waals surface area (Å²) in [6.45, 7) is 9.27. The molecule has 1 aliphatic heterocycles. The molecule has 1 N–H and O–H groups in total. The molecule has 1 aromatic heterocycles. The third-order valence-electron chi connectivity index (χ3n) is 3.63. The van der Waals surface area contributed by atoms with Crippen molar-refractivity contribution < 1.29 is 13.9 Å². The molecule has 21 heavy (non-hydrogen) atoms. The number of ether oxygens (including phenoxy) is 1. The fourth-order valence-corrected chi connectivity index (χ4v) is 2.56. The maximum atomic E-state index is 12.2. The fourth-order valence-electron chi connectivity index (χ4n) is 2.56. The zero-order valence-electron chi connectivity index (χ0n) is 13.4. The first-order chi connectivity index (χ1) is 9.87. The van der Waals surface area contributed by atoms with Crippen LogP contribution < -0.4 is 5.32 Å². The van der Waals surface area contributed by atoms with E-state index in [9.17, 15) is 4.79 Å². The van der Waals surface area contributed by atoms with Crippen LogP contribution in [0.3, 0.4) is 0 Å². The SMILES string of the molecule is C[C@@H](NC[C@@H]1CCCN1C(=O)OC(C)(C)C)c1ccco1. The summed E-state index contributed by atoms with van der Waals surface area (Å²) in [6.07, 6.45) is 3.51.